The summed E-state index contributed by atoms with van der Waals surface area (Å²) in [6, 6.07) is 13.8. The number of benzene rings is 2. The number of sulfonamides is 2. The second kappa shape index (κ2) is 7.38. The van der Waals surface area contributed by atoms with Gasteiger partial charge in [-0.2, -0.15) is 0 Å². The van der Waals surface area contributed by atoms with E-state index < -0.39 is 20.0 Å². The van der Waals surface area contributed by atoms with Crippen molar-refractivity contribution in [3.63, 3.8) is 0 Å². The van der Waals surface area contributed by atoms with Gasteiger partial charge in [0, 0.05) is 14.1 Å². The molecular weight excluding hydrogens is 360 g/mol. The highest BCUT2D eigenvalue weighted by Gasteiger charge is 2.25. The van der Waals surface area contributed by atoms with E-state index in [4.69, 9.17) is 0 Å². The lowest BCUT2D eigenvalue weighted by Gasteiger charge is -2.23. The third-order valence-electron chi connectivity index (χ3n) is 3.53. The monoisotopic (exact) mass is 380 g/mol. The van der Waals surface area contributed by atoms with Crippen LogP contribution >= 0.6 is 0 Å². The van der Waals surface area contributed by atoms with Gasteiger partial charge < -0.3 is 0 Å². The Bertz CT molecular complexity index is 936. The van der Waals surface area contributed by atoms with Crippen LogP contribution in [0.15, 0.2) is 77.0 Å². The van der Waals surface area contributed by atoms with Crippen molar-refractivity contribution >= 4 is 25.7 Å². The molecule has 0 amide bonds. The molecule has 2 aromatic carbocycles. The summed E-state index contributed by atoms with van der Waals surface area (Å²) in [5.74, 6) is 0. The topological polar surface area (TPSA) is 74.8 Å². The lowest BCUT2D eigenvalue weighted by Crippen LogP contribution is -2.31. The molecule has 0 spiro atoms. The fourth-order valence-corrected chi connectivity index (χ4v) is 4.51. The molecule has 0 saturated carbocycles. The molecule has 0 heterocycles. The van der Waals surface area contributed by atoms with Crippen molar-refractivity contribution in [2.45, 2.75) is 9.79 Å². The number of hydrogen-bond donors (Lipinski definition) is 0. The summed E-state index contributed by atoms with van der Waals surface area (Å²) in [7, 11) is -4.62. The summed E-state index contributed by atoms with van der Waals surface area (Å²) in [4.78, 5) is 0.0438. The highest BCUT2D eigenvalue weighted by atomic mass is 32.2. The first kappa shape index (κ1) is 19.2. The molecule has 0 unspecified atom stereocenters. The van der Waals surface area contributed by atoms with Crippen LogP contribution in [0.3, 0.4) is 0 Å². The first-order chi connectivity index (χ1) is 11.7. The minimum Gasteiger partial charge on any atom is -0.263 e. The molecule has 2 aromatic rings. The van der Waals surface area contributed by atoms with Crippen LogP contribution < -0.4 is 4.31 Å². The summed E-state index contributed by atoms with van der Waals surface area (Å²) in [5, 5.41) is 0. The summed E-state index contributed by atoms with van der Waals surface area (Å²) >= 11 is 0. The molecule has 0 N–H and O–H groups in total. The van der Waals surface area contributed by atoms with Gasteiger partial charge in [-0.15, -0.1) is 6.58 Å². The van der Waals surface area contributed by atoms with Crippen molar-refractivity contribution < 1.29 is 16.8 Å². The zero-order valence-electron chi connectivity index (χ0n) is 14.0. The van der Waals surface area contributed by atoms with Gasteiger partial charge in [-0.05, 0) is 36.4 Å². The van der Waals surface area contributed by atoms with Crippen LogP contribution in [0.2, 0.25) is 0 Å². The Kier molecular flexibility index (Phi) is 5.66. The maximum absolute atomic E-state index is 12.9. The van der Waals surface area contributed by atoms with Crippen molar-refractivity contribution in [1.82, 2.24) is 4.31 Å². The molecule has 0 aromatic heterocycles. The van der Waals surface area contributed by atoms with Gasteiger partial charge in [-0.25, -0.2) is 21.1 Å². The largest absolute Gasteiger partial charge is 0.264 e. The number of nitrogens with zero attached hydrogens (tertiary/aromatic N) is 2. The summed E-state index contributed by atoms with van der Waals surface area (Å²) in [5.41, 5.74) is 0.507. The molecule has 0 aliphatic carbocycles. The Balaban J connectivity index is 2.46. The Labute approximate surface area is 149 Å². The minimum absolute atomic E-state index is 0.0101. The quantitative estimate of drug-likeness (QED) is 0.691. The molecule has 2 rings (SSSR count). The van der Waals surface area contributed by atoms with Gasteiger partial charge in [0.25, 0.3) is 10.0 Å². The van der Waals surface area contributed by atoms with Crippen LogP contribution in [0.4, 0.5) is 5.69 Å². The van der Waals surface area contributed by atoms with Gasteiger partial charge in [0.2, 0.25) is 10.0 Å². The van der Waals surface area contributed by atoms with E-state index in [0.717, 1.165) is 4.31 Å². The van der Waals surface area contributed by atoms with Crippen molar-refractivity contribution in [2.75, 3.05) is 24.9 Å². The van der Waals surface area contributed by atoms with E-state index >= 15 is 0 Å². The molecule has 0 aliphatic rings. The number of anilines is 1. The summed E-state index contributed by atoms with van der Waals surface area (Å²) in [6.45, 7) is 3.71. The molecule has 0 fully saturated rings. The van der Waals surface area contributed by atoms with E-state index in [2.05, 4.69) is 6.58 Å². The molecule has 0 atom stereocenters. The van der Waals surface area contributed by atoms with Crippen molar-refractivity contribution in [3.8, 4) is 0 Å². The van der Waals surface area contributed by atoms with E-state index in [1.807, 2.05) is 0 Å². The fourth-order valence-electron chi connectivity index (χ4n) is 2.18. The van der Waals surface area contributed by atoms with Gasteiger partial charge in [-0.1, -0.05) is 24.3 Å². The Morgan fingerprint density at radius 1 is 0.840 bits per heavy atom. The fraction of sp³-hybridized carbons (Fsp3) is 0.176. The van der Waals surface area contributed by atoms with Crippen LogP contribution in [0, 0.1) is 0 Å². The standard InChI is InChI=1S/C17H20N2O4S2/c1-4-14-19(15-8-6-5-7-9-15)25(22,23)17-12-10-16(11-13-17)24(20,21)18(2)3/h4-13H,1,14H2,2-3H3. The maximum Gasteiger partial charge on any atom is 0.264 e. The molecule has 6 nitrogen and oxygen atoms in total. The SMILES string of the molecule is C=CCN(c1ccccc1)S(=O)(=O)c1ccc(S(=O)(=O)N(C)C)cc1. The molecule has 0 radical (unpaired) electrons. The van der Waals surface area contributed by atoms with E-state index in [-0.39, 0.29) is 16.3 Å². The Hall–Kier alpha value is -2.16. The zero-order valence-corrected chi connectivity index (χ0v) is 15.7. The zero-order chi connectivity index (χ0) is 18.7. The van der Waals surface area contributed by atoms with E-state index in [9.17, 15) is 16.8 Å². The number of rotatable bonds is 7. The van der Waals surface area contributed by atoms with Crippen molar-refractivity contribution in [3.05, 3.63) is 67.3 Å². The lowest BCUT2D eigenvalue weighted by atomic mass is 10.3. The maximum atomic E-state index is 12.9. The normalized spacial score (nSPS) is 12.1. The predicted molar refractivity (Wildman–Crippen MR) is 98.5 cm³/mol. The van der Waals surface area contributed by atoms with Crippen LogP contribution in [-0.4, -0.2) is 41.8 Å². The Morgan fingerprint density at radius 3 is 1.76 bits per heavy atom. The average Bonchev–Trinajstić information content (AvgIpc) is 2.60. The molecule has 134 valence electrons. The summed E-state index contributed by atoms with van der Waals surface area (Å²) in [6.07, 6.45) is 1.50. The number of hydrogen-bond acceptors (Lipinski definition) is 4. The van der Waals surface area contributed by atoms with Gasteiger partial charge in [0.05, 0.1) is 22.0 Å². The predicted octanol–water partition coefficient (Wildman–Crippen LogP) is 2.32. The first-order valence-electron chi connectivity index (χ1n) is 7.42. The highest BCUT2D eigenvalue weighted by molar-refractivity contribution is 7.92. The second-order valence-corrected chi connectivity index (χ2v) is 9.43. The van der Waals surface area contributed by atoms with Gasteiger partial charge >= 0.3 is 0 Å². The molecule has 0 aliphatic heterocycles. The molecular formula is C17H20N2O4S2. The molecule has 8 heteroatoms. The Morgan fingerprint density at radius 2 is 1.32 bits per heavy atom. The van der Waals surface area contributed by atoms with Gasteiger partial charge in [-0.3, -0.25) is 4.31 Å². The molecule has 25 heavy (non-hydrogen) atoms. The van der Waals surface area contributed by atoms with Crippen molar-refractivity contribution in [2.24, 2.45) is 0 Å². The van der Waals surface area contributed by atoms with Crippen molar-refractivity contribution in [1.29, 1.82) is 0 Å². The van der Waals surface area contributed by atoms with E-state index in [0.29, 0.717) is 5.69 Å². The highest BCUT2D eigenvalue weighted by Crippen LogP contribution is 2.24. The average molecular weight is 380 g/mol. The first-order valence-corrected chi connectivity index (χ1v) is 10.3. The van der Waals surface area contributed by atoms with Crippen LogP contribution in [0.5, 0.6) is 0 Å². The minimum atomic E-state index is -3.85. The van der Waals surface area contributed by atoms with E-state index in [1.54, 1.807) is 30.3 Å². The van der Waals surface area contributed by atoms with Gasteiger partial charge in [0.15, 0.2) is 0 Å². The smallest absolute Gasteiger partial charge is 0.263 e. The lowest BCUT2D eigenvalue weighted by molar-refractivity contribution is 0.520. The van der Waals surface area contributed by atoms with Gasteiger partial charge in [0.1, 0.15) is 0 Å². The van der Waals surface area contributed by atoms with E-state index in [1.165, 1.54) is 48.7 Å². The molecule has 0 bridgehead atoms. The number of para-hydroxylation sites is 1. The molecule has 0 saturated heterocycles. The van der Waals surface area contributed by atoms with Crippen LogP contribution in [0.25, 0.3) is 0 Å². The van der Waals surface area contributed by atoms with Crippen LogP contribution in [-0.2, 0) is 20.0 Å². The van der Waals surface area contributed by atoms with Crippen LogP contribution in [0.1, 0.15) is 0 Å². The third kappa shape index (κ3) is 3.92. The third-order valence-corrected chi connectivity index (χ3v) is 7.17. The second-order valence-electron chi connectivity index (χ2n) is 5.42. The summed E-state index contributed by atoms with van der Waals surface area (Å²) < 4.78 is 52.4.